The van der Waals surface area contributed by atoms with Crippen molar-refractivity contribution in [2.24, 2.45) is 11.8 Å². The van der Waals surface area contributed by atoms with E-state index in [-0.39, 0.29) is 12.8 Å². The van der Waals surface area contributed by atoms with Crippen LogP contribution in [0.4, 0.5) is 30.7 Å². The fraction of sp³-hybridized carbons (Fsp3) is 0.769. The van der Waals surface area contributed by atoms with Gasteiger partial charge in [-0.25, -0.2) is 17.6 Å². The van der Waals surface area contributed by atoms with Crippen LogP contribution in [0.2, 0.25) is 0 Å². The molecule has 10 heteroatoms. The van der Waals surface area contributed by atoms with Gasteiger partial charge in [-0.3, -0.25) is 4.68 Å². The van der Waals surface area contributed by atoms with Crippen molar-refractivity contribution in [3.05, 3.63) is 17.0 Å². The number of nitrogens with zero attached hydrogens (tertiary/aromatic N) is 2. The van der Waals surface area contributed by atoms with Crippen molar-refractivity contribution in [3.63, 3.8) is 0 Å². The van der Waals surface area contributed by atoms with E-state index >= 15 is 0 Å². The summed E-state index contributed by atoms with van der Waals surface area (Å²) in [7, 11) is 0. The second-order valence-corrected chi connectivity index (χ2v) is 6.50. The number of hydrogen-bond acceptors (Lipinski definition) is 2. The fourth-order valence-electron chi connectivity index (χ4n) is 3.97. The number of rotatable bonds is 1. The largest absolute Gasteiger partial charge is 0.435 e. The SMILES string of the molecule is O[C@H]1c2c(C(F)(F)F)nn(C3C[C@@H]4[C@H](C3)C4(F)F)c2CC1(F)F. The first-order valence-electron chi connectivity index (χ1n) is 7.06. The van der Waals surface area contributed by atoms with E-state index in [1.807, 2.05) is 0 Å². The lowest BCUT2D eigenvalue weighted by atomic mass is 10.1. The van der Waals surface area contributed by atoms with Crippen LogP contribution in [-0.2, 0) is 12.6 Å². The van der Waals surface area contributed by atoms with Crippen molar-refractivity contribution in [1.82, 2.24) is 9.78 Å². The van der Waals surface area contributed by atoms with Gasteiger partial charge in [-0.15, -0.1) is 0 Å². The molecule has 2 fully saturated rings. The highest BCUT2D eigenvalue weighted by atomic mass is 19.4. The zero-order chi connectivity index (χ0) is 16.9. The highest BCUT2D eigenvalue weighted by Crippen LogP contribution is 2.67. The Morgan fingerprint density at radius 2 is 1.65 bits per heavy atom. The normalized spacial score (nSPS) is 36.9. The minimum absolute atomic E-state index is 0.0925. The third-order valence-corrected chi connectivity index (χ3v) is 5.16. The molecule has 1 aromatic heterocycles. The maximum atomic E-state index is 13.6. The van der Waals surface area contributed by atoms with E-state index in [9.17, 15) is 35.8 Å². The van der Waals surface area contributed by atoms with E-state index < -0.39 is 65.4 Å². The average Bonchev–Trinajstić information content (AvgIpc) is 2.85. The fourth-order valence-corrected chi connectivity index (χ4v) is 3.97. The standard InChI is InChI=1S/C13H11F7N2O/c14-11(15)3-7-8(10(11)23)9(13(18,19)20)21-22(7)4-1-5-6(2-4)12(5,16)17/h4-6,10,23H,1-3H2/t4?,5-,6+,10-/m0/s1. The summed E-state index contributed by atoms with van der Waals surface area (Å²) in [6.07, 6.45) is -8.84. The summed E-state index contributed by atoms with van der Waals surface area (Å²) in [6.45, 7) is 0. The second kappa shape index (κ2) is 4.01. The highest BCUT2D eigenvalue weighted by molar-refractivity contribution is 5.38. The van der Waals surface area contributed by atoms with Gasteiger partial charge in [0.15, 0.2) is 5.69 Å². The van der Waals surface area contributed by atoms with Crippen LogP contribution >= 0.6 is 0 Å². The van der Waals surface area contributed by atoms with Crippen molar-refractivity contribution in [1.29, 1.82) is 0 Å². The minimum Gasteiger partial charge on any atom is -0.382 e. The van der Waals surface area contributed by atoms with Gasteiger partial charge in [-0.1, -0.05) is 0 Å². The van der Waals surface area contributed by atoms with E-state index in [1.54, 1.807) is 0 Å². The Labute approximate surface area is 125 Å². The topological polar surface area (TPSA) is 38.1 Å². The molecule has 0 amide bonds. The van der Waals surface area contributed by atoms with E-state index in [2.05, 4.69) is 5.10 Å². The van der Waals surface area contributed by atoms with Crippen LogP contribution < -0.4 is 0 Å². The molecule has 128 valence electrons. The maximum Gasteiger partial charge on any atom is 0.435 e. The van der Waals surface area contributed by atoms with Gasteiger partial charge in [0, 0.05) is 17.4 Å². The van der Waals surface area contributed by atoms with Crippen molar-refractivity contribution in [2.45, 2.75) is 49.4 Å². The number of aromatic nitrogens is 2. The lowest BCUT2D eigenvalue weighted by Gasteiger charge is -2.19. The van der Waals surface area contributed by atoms with Crippen molar-refractivity contribution >= 4 is 0 Å². The summed E-state index contributed by atoms with van der Waals surface area (Å²) in [6, 6.07) is -0.768. The Morgan fingerprint density at radius 3 is 2.17 bits per heavy atom. The predicted octanol–water partition coefficient (Wildman–Crippen LogP) is 3.34. The molecule has 1 unspecified atom stereocenters. The van der Waals surface area contributed by atoms with Crippen molar-refractivity contribution in [2.75, 3.05) is 0 Å². The average molecular weight is 344 g/mol. The molecule has 0 saturated heterocycles. The van der Waals surface area contributed by atoms with Crippen LogP contribution in [0.15, 0.2) is 0 Å². The predicted molar refractivity (Wildman–Crippen MR) is 61.0 cm³/mol. The number of fused-ring (bicyclic) bond motifs is 2. The third kappa shape index (κ3) is 1.90. The van der Waals surface area contributed by atoms with Crippen molar-refractivity contribution in [3.8, 4) is 0 Å². The molecular formula is C13H11F7N2O. The monoisotopic (exact) mass is 344 g/mol. The zero-order valence-corrected chi connectivity index (χ0v) is 11.4. The molecule has 0 aromatic carbocycles. The molecule has 1 N–H and O–H groups in total. The van der Waals surface area contributed by atoms with Gasteiger partial charge in [-0.2, -0.15) is 18.3 Å². The molecule has 2 saturated carbocycles. The molecule has 4 rings (SSSR count). The van der Waals surface area contributed by atoms with Gasteiger partial charge in [0.05, 0.1) is 18.2 Å². The molecule has 4 atom stereocenters. The van der Waals surface area contributed by atoms with E-state index in [4.69, 9.17) is 0 Å². The van der Waals surface area contributed by atoms with Crippen LogP contribution in [-0.4, -0.2) is 26.7 Å². The molecule has 1 aromatic rings. The molecule has 3 aliphatic rings. The molecule has 23 heavy (non-hydrogen) atoms. The lowest BCUT2D eigenvalue weighted by molar-refractivity contribution is -0.146. The number of halogens is 7. The number of hydrogen-bond donors (Lipinski definition) is 1. The first-order chi connectivity index (χ1) is 10.4. The van der Waals surface area contributed by atoms with Crippen LogP contribution in [0.3, 0.4) is 0 Å². The van der Waals surface area contributed by atoms with Crippen LogP contribution in [0, 0.1) is 11.8 Å². The van der Waals surface area contributed by atoms with Crippen molar-refractivity contribution < 1.29 is 35.8 Å². The van der Waals surface area contributed by atoms with Gasteiger partial charge >= 0.3 is 6.18 Å². The molecule has 3 nitrogen and oxygen atoms in total. The molecule has 3 aliphatic carbocycles. The molecular weight excluding hydrogens is 333 g/mol. The van der Waals surface area contributed by atoms with E-state index in [0.717, 1.165) is 4.68 Å². The first kappa shape index (κ1) is 15.2. The quantitative estimate of drug-likeness (QED) is 0.794. The second-order valence-electron chi connectivity index (χ2n) is 6.50. The third-order valence-electron chi connectivity index (χ3n) is 5.16. The van der Waals surface area contributed by atoms with Crippen LogP contribution in [0.25, 0.3) is 0 Å². The Morgan fingerprint density at radius 1 is 1.09 bits per heavy atom. The maximum absolute atomic E-state index is 13.6. The molecule has 0 spiro atoms. The Hall–Kier alpha value is -1.32. The Kier molecular flexibility index (Phi) is 2.66. The smallest absolute Gasteiger partial charge is 0.382 e. The Bertz CT molecular complexity index is 667. The number of aliphatic hydroxyl groups excluding tert-OH is 1. The molecule has 0 bridgehead atoms. The summed E-state index contributed by atoms with van der Waals surface area (Å²) in [5.74, 6) is -8.38. The van der Waals surface area contributed by atoms with E-state index in [1.165, 1.54) is 0 Å². The van der Waals surface area contributed by atoms with Crippen LogP contribution in [0.5, 0.6) is 0 Å². The summed E-state index contributed by atoms with van der Waals surface area (Å²) in [5.41, 5.74) is -2.87. The Balaban J connectivity index is 1.75. The summed E-state index contributed by atoms with van der Waals surface area (Å²) < 4.78 is 93.6. The zero-order valence-electron chi connectivity index (χ0n) is 11.4. The molecule has 1 heterocycles. The summed E-state index contributed by atoms with van der Waals surface area (Å²) >= 11 is 0. The number of alkyl halides is 7. The summed E-state index contributed by atoms with van der Waals surface area (Å²) in [4.78, 5) is 0. The summed E-state index contributed by atoms with van der Waals surface area (Å²) in [5, 5.41) is 12.9. The van der Waals surface area contributed by atoms with Crippen LogP contribution in [0.1, 0.15) is 41.9 Å². The minimum atomic E-state index is -5.00. The van der Waals surface area contributed by atoms with Gasteiger partial charge in [0.2, 0.25) is 0 Å². The first-order valence-corrected chi connectivity index (χ1v) is 7.06. The van der Waals surface area contributed by atoms with Gasteiger partial charge in [-0.05, 0) is 12.8 Å². The lowest BCUT2D eigenvalue weighted by Crippen LogP contribution is -2.25. The van der Waals surface area contributed by atoms with E-state index in [0.29, 0.717) is 0 Å². The van der Waals surface area contributed by atoms with Gasteiger partial charge in [0.25, 0.3) is 11.8 Å². The van der Waals surface area contributed by atoms with Gasteiger partial charge < -0.3 is 5.11 Å². The molecule has 0 aliphatic heterocycles. The van der Waals surface area contributed by atoms with Gasteiger partial charge in [0.1, 0.15) is 6.10 Å². The molecule has 0 radical (unpaired) electrons. The number of aliphatic hydroxyl groups is 1. The highest BCUT2D eigenvalue weighted by Gasteiger charge is 2.72.